The number of hydrogen-bond donors (Lipinski definition) is 0. The molecule has 26 heavy (non-hydrogen) atoms. The molecule has 2 aliphatic rings. The maximum atomic E-state index is 13.2. The lowest BCUT2D eigenvalue weighted by Gasteiger charge is -2.32. The highest BCUT2D eigenvalue weighted by atomic mass is 79.9. The Balaban J connectivity index is 1.72. The lowest BCUT2D eigenvalue weighted by Crippen LogP contribution is -2.43. The Kier molecular flexibility index (Phi) is 6.20. The van der Waals surface area contributed by atoms with Crippen molar-refractivity contribution in [3.8, 4) is 0 Å². The van der Waals surface area contributed by atoms with Crippen molar-refractivity contribution in [2.24, 2.45) is 5.92 Å². The molecule has 1 saturated carbocycles. The topological polar surface area (TPSA) is 63.7 Å². The van der Waals surface area contributed by atoms with Gasteiger partial charge in [-0.3, -0.25) is 4.79 Å². The number of carbonyl (C=O) groups excluding carboxylic acids is 1. The number of methoxy groups -OCH3 is 1. The number of esters is 1. The molecule has 0 N–H and O–H groups in total. The number of rotatable bonds is 7. The summed E-state index contributed by atoms with van der Waals surface area (Å²) in [7, 11) is -2.12. The largest absolute Gasteiger partial charge is 0.469 e. The highest BCUT2D eigenvalue weighted by Gasteiger charge is 2.50. The number of halogens is 1. The fourth-order valence-corrected chi connectivity index (χ4v) is 6.15. The van der Waals surface area contributed by atoms with Crippen LogP contribution in [0.4, 0.5) is 0 Å². The third kappa shape index (κ3) is 4.05. The van der Waals surface area contributed by atoms with Gasteiger partial charge in [-0.1, -0.05) is 28.1 Å². The predicted molar refractivity (Wildman–Crippen MR) is 103 cm³/mol. The molecule has 2 fully saturated rings. The van der Waals surface area contributed by atoms with E-state index in [1.807, 2.05) is 12.2 Å². The molecule has 2 bridgehead atoms. The predicted octanol–water partition coefficient (Wildman–Crippen LogP) is 3.89. The zero-order chi connectivity index (χ0) is 18.7. The van der Waals surface area contributed by atoms with E-state index in [0.29, 0.717) is 23.7 Å². The first kappa shape index (κ1) is 19.6. The molecule has 142 valence electrons. The average molecular weight is 442 g/mol. The van der Waals surface area contributed by atoms with Crippen molar-refractivity contribution in [1.82, 2.24) is 4.31 Å². The maximum absolute atomic E-state index is 13.2. The minimum atomic E-state index is -3.51. The van der Waals surface area contributed by atoms with Crippen LogP contribution in [-0.4, -0.2) is 37.9 Å². The molecular formula is C19H24BrNO4S. The molecule has 7 heteroatoms. The van der Waals surface area contributed by atoms with Gasteiger partial charge < -0.3 is 4.74 Å². The number of sulfonamides is 1. The molecule has 0 amide bonds. The Morgan fingerprint density at radius 3 is 2.73 bits per heavy atom. The molecule has 1 aliphatic heterocycles. The second-order valence-electron chi connectivity index (χ2n) is 6.90. The Hall–Kier alpha value is -1.18. The minimum Gasteiger partial charge on any atom is -0.469 e. The van der Waals surface area contributed by atoms with E-state index in [2.05, 4.69) is 20.7 Å². The lowest BCUT2D eigenvalue weighted by atomic mass is 9.99. The standard InChI is InChI=1S/C19H24BrNO4S/c1-25-19(22)6-4-2-3-5-18-14-7-10-16(13-14)21(18)26(23,24)17-11-8-15(20)9-12-17/h3,5,8-9,11-12,14,16,18H,2,4,6-7,10,13H2,1H3/b5-3-/t14-,16+,18?/m1/s1. The quantitative estimate of drug-likeness (QED) is 0.365. The number of hydrogen-bond acceptors (Lipinski definition) is 4. The van der Waals surface area contributed by atoms with Gasteiger partial charge in [0.05, 0.1) is 12.0 Å². The van der Waals surface area contributed by atoms with Crippen LogP contribution in [0.25, 0.3) is 0 Å². The summed E-state index contributed by atoms with van der Waals surface area (Å²) in [5, 5.41) is 0. The minimum absolute atomic E-state index is 0.0828. The first-order chi connectivity index (χ1) is 12.4. The van der Waals surface area contributed by atoms with E-state index in [4.69, 9.17) is 0 Å². The van der Waals surface area contributed by atoms with Crippen molar-refractivity contribution in [3.05, 3.63) is 40.9 Å². The summed E-state index contributed by atoms with van der Waals surface area (Å²) >= 11 is 3.35. The molecule has 1 aliphatic carbocycles. The van der Waals surface area contributed by atoms with Crippen molar-refractivity contribution in [3.63, 3.8) is 0 Å². The molecule has 1 heterocycles. The van der Waals surface area contributed by atoms with Crippen LogP contribution < -0.4 is 0 Å². The summed E-state index contributed by atoms with van der Waals surface area (Å²) in [6.07, 6.45) is 8.83. The van der Waals surface area contributed by atoms with Crippen LogP contribution in [0.3, 0.4) is 0 Å². The van der Waals surface area contributed by atoms with Crippen LogP contribution in [0.5, 0.6) is 0 Å². The van der Waals surface area contributed by atoms with Gasteiger partial charge in [-0.15, -0.1) is 0 Å². The van der Waals surface area contributed by atoms with Gasteiger partial charge in [0.1, 0.15) is 0 Å². The van der Waals surface area contributed by atoms with Crippen molar-refractivity contribution in [2.45, 2.75) is 55.5 Å². The number of allylic oxidation sites excluding steroid dienone is 1. The van der Waals surface area contributed by atoms with Gasteiger partial charge in [0.2, 0.25) is 10.0 Å². The molecule has 0 spiro atoms. The van der Waals surface area contributed by atoms with E-state index < -0.39 is 10.0 Å². The van der Waals surface area contributed by atoms with Crippen LogP contribution in [0.15, 0.2) is 45.8 Å². The third-order valence-corrected chi connectivity index (χ3v) is 7.78. The summed E-state index contributed by atoms with van der Waals surface area (Å²) < 4.78 is 33.6. The SMILES string of the molecule is COC(=O)CCC/C=C\C1[C@@H]2CC[C@@H](C2)N1S(=O)(=O)c1ccc(Br)cc1. The van der Waals surface area contributed by atoms with Crippen LogP contribution in [0.2, 0.25) is 0 Å². The number of unbranched alkanes of at least 4 members (excludes halogenated alkanes) is 1. The van der Waals surface area contributed by atoms with Gasteiger partial charge >= 0.3 is 5.97 Å². The highest BCUT2D eigenvalue weighted by Crippen LogP contribution is 2.45. The molecular weight excluding hydrogens is 418 g/mol. The molecule has 3 rings (SSSR count). The van der Waals surface area contributed by atoms with E-state index in [1.54, 1.807) is 28.6 Å². The monoisotopic (exact) mass is 441 g/mol. The summed E-state index contributed by atoms with van der Waals surface area (Å²) in [6.45, 7) is 0. The molecule has 0 aromatic heterocycles. The first-order valence-corrected chi connectivity index (χ1v) is 11.2. The lowest BCUT2D eigenvalue weighted by molar-refractivity contribution is -0.140. The fourth-order valence-electron chi connectivity index (χ4n) is 4.01. The van der Waals surface area contributed by atoms with Gasteiger partial charge in [0.25, 0.3) is 0 Å². The number of ether oxygens (including phenoxy) is 1. The second kappa shape index (κ2) is 8.23. The Morgan fingerprint density at radius 1 is 1.31 bits per heavy atom. The van der Waals surface area contributed by atoms with Gasteiger partial charge in [0.15, 0.2) is 0 Å². The first-order valence-electron chi connectivity index (χ1n) is 8.96. The maximum Gasteiger partial charge on any atom is 0.305 e. The number of fused-ring (bicyclic) bond motifs is 2. The molecule has 1 aromatic carbocycles. The number of piperidine rings is 1. The summed E-state index contributed by atoms with van der Waals surface area (Å²) in [5.74, 6) is 0.180. The van der Waals surface area contributed by atoms with E-state index in [1.165, 1.54) is 7.11 Å². The Morgan fingerprint density at radius 2 is 2.04 bits per heavy atom. The molecule has 1 saturated heterocycles. The van der Waals surface area contributed by atoms with Gasteiger partial charge in [-0.25, -0.2) is 8.42 Å². The molecule has 5 nitrogen and oxygen atoms in total. The zero-order valence-corrected chi connectivity index (χ0v) is 17.2. The number of nitrogens with zero attached hydrogens (tertiary/aromatic N) is 1. The molecule has 3 atom stereocenters. The highest BCUT2D eigenvalue weighted by molar-refractivity contribution is 9.10. The Labute approximate surface area is 163 Å². The van der Waals surface area contributed by atoms with E-state index in [0.717, 1.165) is 30.2 Å². The van der Waals surface area contributed by atoms with Crippen molar-refractivity contribution in [1.29, 1.82) is 0 Å². The summed E-state index contributed by atoms with van der Waals surface area (Å²) in [5.41, 5.74) is 0. The van der Waals surface area contributed by atoms with E-state index in [9.17, 15) is 13.2 Å². The fraction of sp³-hybridized carbons (Fsp3) is 0.526. The van der Waals surface area contributed by atoms with E-state index in [-0.39, 0.29) is 18.1 Å². The second-order valence-corrected chi connectivity index (χ2v) is 9.66. The number of carbonyl (C=O) groups is 1. The van der Waals surface area contributed by atoms with Crippen LogP contribution in [0.1, 0.15) is 38.5 Å². The van der Waals surface area contributed by atoms with Gasteiger partial charge in [0, 0.05) is 23.0 Å². The Bertz CT molecular complexity index is 775. The van der Waals surface area contributed by atoms with Crippen LogP contribution in [-0.2, 0) is 19.6 Å². The number of benzene rings is 1. The van der Waals surface area contributed by atoms with Crippen LogP contribution in [0, 0.1) is 5.92 Å². The molecule has 1 unspecified atom stereocenters. The smallest absolute Gasteiger partial charge is 0.305 e. The van der Waals surface area contributed by atoms with Crippen molar-refractivity contribution in [2.75, 3.05) is 7.11 Å². The van der Waals surface area contributed by atoms with Crippen molar-refractivity contribution >= 4 is 31.9 Å². The van der Waals surface area contributed by atoms with E-state index >= 15 is 0 Å². The van der Waals surface area contributed by atoms with Gasteiger partial charge in [-0.2, -0.15) is 4.31 Å². The molecule has 1 aromatic rings. The molecule has 0 radical (unpaired) electrons. The third-order valence-electron chi connectivity index (χ3n) is 5.28. The summed E-state index contributed by atoms with van der Waals surface area (Å²) in [6, 6.07) is 6.85. The van der Waals surface area contributed by atoms with Crippen molar-refractivity contribution < 1.29 is 17.9 Å². The summed E-state index contributed by atoms with van der Waals surface area (Å²) in [4.78, 5) is 11.5. The average Bonchev–Trinajstić information content (AvgIpc) is 3.23. The normalized spacial score (nSPS) is 25.8. The zero-order valence-electron chi connectivity index (χ0n) is 14.8. The van der Waals surface area contributed by atoms with Crippen LogP contribution >= 0.6 is 15.9 Å². The van der Waals surface area contributed by atoms with Gasteiger partial charge in [-0.05, 0) is 62.3 Å².